The minimum atomic E-state index is -0.634. The fourth-order valence-corrected chi connectivity index (χ4v) is 3.79. The van der Waals surface area contributed by atoms with Crippen molar-refractivity contribution in [3.05, 3.63) is 93.5 Å². The Morgan fingerprint density at radius 3 is 2.29 bits per heavy atom. The SMILES string of the molecule is COc1cc2c(cc1OC)C(c1ccc([N+](=O)[O-])cc1)=NN(C(=O)Oc1ccccc1)[C@H](C)C2. The number of hydrogen-bond acceptors (Lipinski definition) is 7. The minimum absolute atomic E-state index is 0.0424. The van der Waals surface area contributed by atoms with Crippen molar-refractivity contribution in [2.75, 3.05) is 14.2 Å². The van der Waals surface area contributed by atoms with E-state index in [4.69, 9.17) is 14.2 Å². The number of methoxy groups -OCH3 is 2. The molecule has 4 rings (SSSR count). The van der Waals surface area contributed by atoms with E-state index in [0.29, 0.717) is 34.9 Å². The Morgan fingerprint density at radius 2 is 1.68 bits per heavy atom. The number of carbonyl (C=O) groups is 1. The Labute approximate surface area is 196 Å². The van der Waals surface area contributed by atoms with Crippen LogP contribution in [0.4, 0.5) is 10.5 Å². The quantitative estimate of drug-likeness (QED) is 0.399. The Balaban J connectivity index is 1.83. The number of hydrazone groups is 1. The smallest absolute Gasteiger partial charge is 0.436 e. The predicted molar refractivity (Wildman–Crippen MR) is 126 cm³/mol. The van der Waals surface area contributed by atoms with Gasteiger partial charge in [-0.25, -0.2) is 4.79 Å². The van der Waals surface area contributed by atoms with Gasteiger partial charge >= 0.3 is 6.09 Å². The summed E-state index contributed by atoms with van der Waals surface area (Å²) in [5.74, 6) is 1.46. The summed E-state index contributed by atoms with van der Waals surface area (Å²) >= 11 is 0. The van der Waals surface area contributed by atoms with Gasteiger partial charge in [0.25, 0.3) is 5.69 Å². The minimum Gasteiger partial charge on any atom is -0.493 e. The molecule has 0 spiro atoms. The van der Waals surface area contributed by atoms with Gasteiger partial charge in [-0.1, -0.05) is 18.2 Å². The summed E-state index contributed by atoms with van der Waals surface area (Å²) in [6.45, 7) is 1.87. The van der Waals surface area contributed by atoms with Crippen LogP contribution in [0.5, 0.6) is 17.2 Å². The van der Waals surface area contributed by atoms with Crippen molar-refractivity contribution >= 4 is 17.5 Å². The molecule has 0 saturated heterocycles. The van der Waals surface area contributed by atoms with Gasteiger partial charge in [0.2, 0.25) is 0 Å². The van der Waals surface area contributed by atoms with Crippen LogP contribution in [0.15, 0.2) is 71.8 Å². The van der Waals surface area contributed by atoms with Crippen molar-refractivity contribution in [3.8, 4) is 17.2 Å². The molecule has 0 N–H and O–H groups in total. The van der Waals surface area contributed by atoms with Crippen LogP contribution in [0.3, 0.4) is 0 Å². The summed E-state index contributed by atoms with van der Waals surface area (Å²) in [6, 6.07) is 18.1. The maximum atomic E-state index is 13.1. The highest BCUT2D eigenvalue weighted by atomic mass is 16.6. The van der Waals surface area contributed by atoms with E-state index in [1.807, 2.05) is 19.1 Å². The third-order valence-corrected chi connectivity index (χ3v) is 5.49. The van der Waals surface area contributed by atoms with Crippen LogP contribution in [-0.2, 0) is 6.42 Å². The molecule has 0 aliphatic carbocycles. The maximum absolute atomic E-state index is 13.1. The Morgan fingerprint density at radius 1 is 1.03 bits per heavy atom. The average molecular weight is 461 g/mol. The van der Waals surface area contributed by atoms with Crippen molar-refractivity contribution in [3.63, 3.8) is 0 Å². The number of amides is 1. The lowest BCUT2D eigenvalue weighted by atomic mass is 9.94. The molecule has 34 heavy (non-hydrogen) atoms. The first-order valence-corrected chi connectivity index (χ1v) is 10.6. The molecule has 0 bridgehead atoms. The molecule has 174 valence electrons. The highest BCUT2D eigenvalue weighted by Crippen LogP contribution is 2.35. The van der Waals surface area contributed by atoms with E-state index in [1.54, 1.807) is 49.6 Å². The van der Waals surface area contributed by atoms with Gasteiger partial charge in [0, 0.05) is 23.3 Å². The predicted octanol–water partition coefficient (Wildman–Crippen LogP) is 4.81. The third kappa shape index (κ3) is 4.54. The number of rotatable bonds is 5. The van der Waals surface area contributed by atoms with Gasteiger partial charge in [-0.05, 0) is 55.3 Å². The van der Waals surface area contributed by atoms with E-state index in [2.05, 4.69) is 5.10 Å². The van der Waals surface area contributed by atoms with Crippen LogP contribution in [0.2, 0.25) is 0 Å². The zero-order valence-corrected chi connectivity index (χ0v) is 18.9. The van der Waals surface area contributed by atoms with Gasteiger partial charge in [-0.3, -0.25) is 10.1 Å². The molecule has 0 saturated carbocycles. The van der Waals surface area contributed by atoms with Crippen LogP contribution in [0, 0.1) is 10.1 Å². The van der Waals surface area contributed by atoms with Crippen molar-refractivity contribution in [1.29, 1.82) is 0 Å². The second-order valence-electron chi connectivity index (χ2n) is 7.70. The highest BCUT2D eigenvalue weighted by molar-refractivity contribution is 6.14. The van der Waals surface area contributed by atoms with Gasteiger partial charge in [0.15, 0.2) is 11.5 Å². The van der Waals surface area contributed by atoms with Crippen molar-refractivity contribution in [2.45, 2.75) is 19.4 Å². The lowest BCUT2D eigenvalue weighted by molar-refractivity contribution is -0.384. The molecular formula is C25H23N3O6. The summed E-state index contributed by atoms with van der Waals surface area (Å²) in [6.07, 6.45) is -0.163. The highest BCUT2D eigenvalue weighted by Gasteiger charge is 2.30. The zero-order chi connectivity index (χ0) is 24.2. The number of para-hydroxylation sites is 1. The first kappa shape index (κ1) is 22.8. The lowest BCUT2D eigenvalue weighted by Crippen LogP contribution is -2.37. The Kier molecular flexibility index (Phi) is 6.44. The van der Waals surface area contributed by atoms with Gasteiger partial charge in [-0.2, -0.15) is 10.1 Å². The fraction of sp³-hybridized carbons (Fsp3) is 0.200. The second-order valence-corrected chi connectivity index (χ2v) is 7.70. The first-order valence-electron chi connectivity index (χ1n) is 10.6. The largest absolute Gasteiger partial charge is 0.493 e. The fourth-order valence-electron chi connectivity index (χ4n) is 3.79. The molecule has 9 nitrogen and oxygen atoms in total. The molecule has 3 aromatic carbocycles. The second kappa shape index (κ2) is 9.62. The Bertz CT molecular complexity index is 1240. The summed E-state index contributed by atoms with van der Waals surface area (Å²) in [5.41, 5.74) is 2.63. The number of benzene rings is 3. The molecule has 1 aliphatic rings. The molecule has 1 amide bonds. The van der Waals surface area contributed by atoms with E-state index in [9.17, 15) is 14.9 Å². The van der Waals surface area contributed by atoms with Crippen LogP contribution < -0.4 is 14.2 Å². The first-order chi connectivity index (χ1) is 16.4. The van der Waals surface area contributed by atoms with E-state index in [0.717, 1.165) is 11.1 Å². The average Bonchev–Trinajstić information content (AvgIpc) is 2.99. The van der Waals surface area contributed by atoms with Gasteiger partial charge in [-0.15, -0.1) is 0 Å². The number of carbonyl (C=O) groups excluding carboxylic acids is 1. The standard InChI is InChI=1S/C25H23N3O6/c1-16-13-18-14-22(32-2)23(33-3)15-21(18)24(17-9-11-19(12-10-17)28(30)31)26-27(16)25(29)34-20-7-5-4-6-8-20/h4-12,14-16H,13H2,1-3H3/t16-/m1/s1. The molecule has 3 aromatic rings. The summed E-state index contributed by atoms with van der Waals surface area (Å²) in [7, 11) is 3.09. The maximum Gasteiger partial charge on any atom is 0.436 e. The van der Waals surface area contributed by atoms with E-state index >= 15 is 0 Å². The lowest BCUT2D eigenvalue weighted by Gasteiger charge is -2.22. The molecule has 1 aliphatic heterocycles. The summed E-state index contributed by atoms with van der Waals surface area (Å²) in [5, 5.41) is 17.1. The molecule has 1 heterocycles. The molecule has 1 atom stereocenters. The van der Waals surface area contributed by atoms with E-state index in [1.165, 1.54) is 24.3 Å². The zero-order valence-electron chi connectivity index (χ0n) is 18.9. The number of nitrogens with zero attached hydrogens (tertiary/aromatic N) is 3. The number of nitro benzene ring substituents is 1. The molecular weight excluding hydrogens is 438 g/mol. The monoisotopic (exact) mass is 461 g/mol. The Hall–Kier alpha value is -4.40. The van der Waals surface area contributed by atoms with E-state index < -0.39 is 11.0 Å². The topological polar surface area (TPSA) is 103 Å². The molecule has 0 unspecified atom stereocenters. The van der Waals surface area contributed by atoms with Crippen LogP contribution >= 0.6 is 0 Å². The summed E-state index contributed by atoms with van der Waals surface area (Å²) < 4.78 is 16.5. The number of ether oxygens (including phenoxy) is 3. The molecule has 9 heteroatoms. The third-order valence-electron chi connectivity index (χ3n) is 5.49. The summed E-state index contributed by atoms with van der Waals surface area (Å²) in [4.78, 5) is 23.8. The normalized spacial score (nSPS) is 15.0. The van der Waals surface area contributed by atoms with Crippen LogP contribution in [0.25, 0.3) is 0 Å². The van der Waals surface area contributed by atoms with Crippen molar-refractivity contribution in [2.24, 2.45) is 5.10 Å². The van der Waals surface area contributed by atoms with Crippen molar-refractivity contribution < 1.29 is 23.9 Å². The number of hydrogen-bond donors (Lipinski definition) is 0. The number of nitro groups is 1. The van der Waals surface area contributed by atoms with Crippen molar-refractivity contribution in [1.82, 2.24) is 5.01 Å². The number of non-ortho nitro benzene ring substituents is 1. The molecule has 0 fully saturated rings. The molecule has 0 aromatic heterocycles. The van der Waals surface area contributed by atoms with Gasteiger partial charge < -0.3 is 14.2 Å². The van der Waals surface area contributed by atoms with Gasteiger partial charge in [0.05, 0.1) is 30.9 Å². The number of fused-ring (bicyclic) bond motifs is 1. The van der Waals surface area contributed by atoms with E-state index in [-0.39, 0.29) is 11.7 Å². The van der Waals surface area contributed by atoms with Gasteiger partial charge in [0.1, 0.15) is 5.75 Å². The van der Waals surface area contributed by atoms with Crippen LogP contribution in [-0.4, -0.2) is 42.0 Å². The molecule has 0 radical (unpaired) electrons. The van der Waals surface area contributed by atoms with Crippen LogP contribution in [0.1, 0.15) is 23.6 Å².